The quantitative estimate of drug-likeness (QED) is 0.870. The number of carbonyl (C=O) groups excluding carboxylic acids is 1. The minimum absolute atomic E-state index is 0.0247. The van der Waals surface area contributed by atoms with E-state index in [-0.39, 0.29) is 17.5 Å². The first-order valence-electron chi connectivity index (χ1n) is 6.91. The van der Waals surface area contributed by atoms with E-state index in [9.17, 15) is 18.0 Å². The summed E-state index contributed by atoms with van der Waals surface area (Å²) < 4.78 is 37.8. The van der Waals surface area contributed by atoms with Crippen molar-refractivity contribution in [3.05, 3.63) is 29.8 Å². The van der Waals surface area contributed by atoms with Gasteiger partial charge in [0.2, 0.25) is 5.91 Å². The smallest absolute Gasteiger partial charge is 0.326 e. The molecule has 2 bridgehead atoms. The highest BCUT2D eigenvalue weighted by molar-refractivity contribution is 5.93. The third kappa shape index (κ3) is 2.53. The molecule has 1 amide bonds. The summed E-state index contributed by atoms with van der Waals surface area (Å²) in [5.41, 5.74) is -0.504. The number of amides is 1. The normalized spacial score (nSPS) is 28.6. The van der Waals surface area contributed by atoms with Crippen LogP contribution in [-0.2, 0) is 11.0 Å². The molecule has 2 fully saturated rings. The van der Waals surface area contributed by atoms with Crippen LogP contribution < -0.4 is 5.32 Å². The number of nitrogens with one attached hydrogen (secondary N) is 1. The molecular formula is C15H16F3NO. The lowest BCUT2D eigenvalue weighted by atomic mass is 9.88. The zero-order chi connectivity index (χ0) is 14.3. The van der Waals surface area contributed by atoms with Crippen molar-refractivity contribution >= 4 is 11.6 Å². The van der Waals surface area contributed by atoms with Crippen molar-refractivity contribution in [2.75, 3.05) is 5.32 Å². The van der Waals surface area contributed by atoms with Crippen molar-refractivity contribution < 1.29 is 18.0 Å². The molecule has 5 heteroatoms. The van der Waals surface area contributed by atoms with Gasteiger partial charge < -0.3 is 5.32 Å². The second-order valence-corrected chi connectivity index (χ2v) is 5.85. The van der Waals surface area contributed by atoms with E-state index in [0.717, 1.165) is 31.4 Å². The van der Waals surface area contributed by atoms with Crippen molar-refractivity contribution in [2.24, 2.45) is 17.8 Å². The number of alkyl halides is 3. The van der Waals surface area contributed by atoms with E-state index >= 15 is 0 Å². The van der Waals surface area contributed by atoms with E-state index in [1.54, 1.807) is 0 Å². The van der Waals surface area contributed by atoms with E-state index in [1.807, 2.05) is 0 Å². The molecule has 2 saturated carbocycles. The Morgan fingerprint density at radius 2 is 2.00 bits per heavy atom. The number of hydrogen-bond donors (Lipinski definition) is 1. The maximum absolute atomic E-state index is 12.6. The summed E-state index contributed by atoms with van der Waals surface area (Å²) in [6, 6.07) is 4.82. The summed E-state index contributed by atoms with van der Waals surface area (Å²) in [7, 11) is 0. The summed E-state index contributed by atoms with van der Waals surface area (Å²) in [5, 5.41) is 2.64. The Morgan fingerprint density at radius 1 is 1.20 bits per heavy atom. The summed E-state index contributed by atoms with van der Waals surface area (Å²) in [6.45, 7) is 0. The first-order chi connectivity index (χ1) is 9.43. The zero-order valence-electron chi connectivity index (χ0n) is 10.9. The van der Waals surface area contributed by atoms with Gasteiger partial charge in [0.1, 0.15) is 0 Å². The topological polar surface area (TPSA) is 29.1 Å². The van der Waals surface area contributed by atoms with Crippen LogP contribution >= 0.6 is 0 Å². The predicted octanol–water partition coefficient (Wildman–Crippen LogP) is 4.08. The molecule has 1 aromatic rings. The predicted molar refractivity (Wildman–Crippen MR) is 69.0 cm³/mol. The maximum Gasteiger partial charge on any atom is 0.416 e. The molecule has 1 N–H and O–H groups in total. The van der Waals surface area contributed by atoms with Crippen molar-refractivity contribution in [3.63, 3.8) is 0 Å². The molecule has 3 rings (SSSR count). The van der Waals surface area contributed by atoms with Crippen LogP contribution in [0.15, 0.2) is 24.3 Å². The van der Waals surface area contributed by atoms with Crippen LogP contribution in [0.1, 0.15) is 31.2 Å². The number of rotatable bonds is 2. The highest BCUT2D eigenvalue weighted by Crippen LogP contribution is 2.48. The van der Waals surface area contributed by atoms with Gasteiger partial charge in [0.05, 0.1) is 5.56 Å². The van der Waals surface area contributed by atoms with Gasteiger partial charge >= 0.3 is 6.18 Å². The van der Waals surface area contributed by atoms with Crippen molar-refractivity contribution in [1.82, 2.24) is 0 Å². The molecule has 2 nitrogen and oxygen atoms in total. The lowest BCUT2D eigenvalue weighted by Gasteiger charge is -2.21. The fraction of sp³-hybridized carbons (Fsp3) is 0.533. The maximum atomic E-state index is 12.6. The molecule has 2 aliphatic rings. The summed E-state index contributed by atoms with van der Waals surface area (Å²) >= 11 is 0. The largest absolute Gasteiger partial charge is 0.416 e. The number of benzene rings is 1. The second-order valence-electron chi connectivity index (χ2n) is 5.85. The lowest BCUT2D eigenvalue weighted by molar-refractivity contribution is -0.137. The number of anilines is 1. The SMILES string of the molecule is O=C(Nc1cccc(C(F)(F)F)c1)[C@H]1C[C@@H]2CC[C@@H]1C2. The van der Waals surface area contributed by atoms with Gasteiger partial charge in [-0.1, -0.05) is 12.5 Å². The lowest BCUT2D eigenvalue weighted by Crippen LogP contribution is -2.27. The molecular weight excluding hydrogens is 267 g/mol. The molecule has 0 unspecified atom stereocenters. The van der Waals surface area contributed by atoms with Crippen LogP contribution in [0.3, 0.4) is 0 Å². The Balaban J connectivity index is 1.70. The number of halogens is 3. The van der Waals surface area contributed by atoms with E-state index in [0.29, 0.717) is 11.8 Å². The third-order valence-corrected chi connectivity index (χ3v) is 4.53. The molecule has 0 spiro atoms. The average Bonchev–Trinajstić information content (AvgIpc) is 3.00. The summed E-state index contributed by atoms with van der Waals surface area (Å²) in [4.78, 5) is 12.2. The Labute approximate surface area is 115 Å². The molecule has 3 atom stereocenters. The van der Waals surface area contributed by atoms with E-state index in [1.165, 1.54) is 18.6 Å². The zero-order valence-corrected chi connectivity index (χ0v) is 10.9. The molecule has 0 saturated heterocycles. The van der Waals surface area contributed by atoms with Gasteiger partial charge in [0.25, 0.3) is 0 Å². The van der Waals surface area contributed by atoms with Gasteiger partial charge in [0.15, 0.2) is 0 Å². The van der Waals surface area contributed by atoms with Gasteiger partial charge in [-0.05, 0) is 49.3 Å². The Bertz CT molecular complexity index is 526. The number of fused-ring (bicyclic) bond motifs is 2. The van der Waals surface area contributed by atoms with E-state index < -0.39 is 11.7 Å². The van der Waals surface area contributed by atoms with Gasteiger partial charge in [0, 0.05) is 11.6 Å². The van der Waals surface area contributed by atoms with Gasteiger partial charge in [-0.3, -0.25) is 4.79 Å². The van der Waals surface area contributed by atoms with Crippen LogP contribution in [0.5, 0.6) is 0 Å². The Kier molecular flexibility index (Phi) is 3.22. The molecule has 0 heterocycles. The second kappa shape index (κ2) is 4.79. The van der Waals surface area contributed by atoms with Crippen LogP contribution in [0.4, 0.5) is 18.9 Å². The van der Waals surface area contributed by atoms with Crippen LogP contribution in [-0.4, -0.2) is 5.91 Å². The first kappa shape index (κ1) is 13.5. The fourth-order valence-electron chi connectivity index (χ4n) is 3.57. The minimum Gasteiger partial charge on any atom is -0.326 e. The Morgan fingerprint density at radius 3 is 2.60 bits per heavy atom. The van der Waals surface area contributed by atoms with Crippen LogP contribution in [0, 0.1) is 17.8 Å². The molecule has 2 aliphatic carbocycles. The highest BCUT2D eigenvalue weighted by Gasteiger charge is 2.43. The molecule has 108 valence electrons. The van der Waals surface area contributed by atoms with E-state index in [2.05, 4.69) is 5.32 Å². The summed E-state index contributed by atoms with van der Waals surface area (Å²) in [6.07, 6.45) is -0.132. The minimum atomic E-state index is -4.38. The van der Waals surface area contributed by atoms with Crippen molar-refractivity contribution in [1.29, 1.82) is 0 Å². The molecule has 20 heavy (non-hydrogen) atoms. The monoisotopic (exact) mass is 283 g/mol. The van der Waals surface area contributed by atoms with Crippen LogP contribution in [0.2, 0.25) is 0 Å². The highest BCUT2D eigenvalue weighted by atomic mass is 19.4. The van der Waals surface area contributed by atoms with Gasteiger partial charge in [-0.15, -0.1) is 0 Å². The van der Waals surface area contributed by atoms with E-state index in [4.69, 9.17) is 0 Å². The number of hydrogen-bond acceptors (Lipinski definition) is 1. The van der Waals surface area contributed by atoms with Crippen molar-refractivity contribution in [3.8, 4) is 0 Å². The van der Waals surface area contributed by atoms with Gasteiger partial charge in [-0.2, -0.15) is 13.2 Å². The van der Waals surface area contributed by atoms with Crippen molar-refractivity contribution in [2.45, 2.75) is 31.9 Å². The summed E-state index contributed by atoms with van der Waals surface area (Å²) in [5.74, 6) is 0.905. The Hall–Kier alpha value is -1.52. The third-order valence-electron chi connectivity index (χ3n) is 4.53. The molecule has 0 aliphatic heterocycles. The molecule has 0 aromatic heterocycles. The molecule has 1 aromatic carbocycles. The standard InChI is InChI=1S/C15H16F3NO/c16-15(17,18)11-2-1-3-12(8-11)19-14(20)13-7-9-4-5-10(13)6-9/h1-3,8-10,13H,4-7H2,(H,19,20)/t9-,10-,13+/m1/s1. The molecule has 0 radical (unpaired) electrons. The van der Waals surface area contributed by atoms with Gasteiger partial charge in [-0.25, -0.2) is 0 Å². The average molecular weight is 283 g/mol. The van der Waals surface area contributed by atoms with Crippen LogP contribution in [0.25, 0.3) is 0 Å². The fourth-order valence-corrected chi connectivity index (χ4v) is 3.57. The number of carbonyl (C=O) groups is 1. The first-order valence-corrected chi connectivity index (χ1v) is 6.91.